The van der Waals surface area contributed by atoms with Crippen molar-refractivity contribution in [2.45, 2.75) is 58.0 Å². The summed E-state index contributed by atoms with van der Waals surface area (Å²) in [6, 6.07) is 0.655. The van der Waals surface area contributed by atoms with Crippen molar-refractivity contribution in [3.8, 4) is 0 Å². The van der Waals surface area contributed by atoms with E-state index in [1.165, 1.54) is 0 Å². The second-order valence-corrected chi connectivity index (χ2v) is 7.52. The Balaban J connectivity index is 1.45. The number of likely N-dealkylation sites (tertiary alicyclic amines) is 1. The van der Waals surface area contributed by atoms with E-state index < -0.39 is 0 Å². The molecule has 0 radical (unpaired) electrons. The maximum absolute atomic E-state index is 12.5. The molecule has 1 saturated heterocycles. The van der Waals surface area contributed by atoms with Crippen molar-refractivity contribution in [2.24, 2.45) is 11.8 Å². The van der Waals surface area contributed by atoms with E-state index in [9.17, 15) is 9.59 Å². The topological polar surface area (TPSA) is 80.1 Å². The van der Waals surface area contributed by atoms with Crippen LogP contribution in [0.25, 0.3) is 0 Å². The third kappa shape index (κ3) is 3.94. The number of hydrogen-bond donors (Lipinski definition) is 1. The minimum atomic E-state index is -0.188. The first-order valence-electron chi connectivity index (χ1n) is 8.95. The molecule has 1 aromatic rings. The number of rotatable bonds is 5. The standard InChI is InChI=1S/C17H27N5O2/c1-12(2)8-21-9-13(7-16(21)23)17(24)20-14-3-5-15(6-4-14)22-10-18-19-11-22/h10-15H,3-9H2,1-2H3,(H,20,24)/t13-,14?,15?/m1/s1. The van der Waals surface area contributed by atoms with E-state index in [1.807, 2.05) is 4.90 Å². The largest absolute Gasteiger partial charge is 0.353 e. The predicted molar refractivity (Wildman–Crippen MR) is 89.0 cm³/mol. The molecule has 0 bridgehead atoms. The van der Waals surface area contributed by atoms with E-state index in [2.05, 4.69) is 33.9 Å². The molecule has 0 unspecified atom stereocenters. The molecule has 1 aliphatic heterocycles. The summed E-state index contributed by atoms with van der Waals surface area (Å²) in [6.07, 6.45) is 7.84. The molecule has 7 heteroatoms. The molecule has 3 rings (SSSR count). The van der Waals surface area contributed by atoms with Gasteiger partial charge in [0.05, 0.1) is 5.92 Å². The van der Waals surface area contributed by atoms with Crippen molar-refractivity contribution in [1.29, 1.82) is 0 Å². The first kappa shape index (κ1) is 16.9. The van der Waals surface area contributed by atoms with Gasteiger partial charge in [-0.05, 0) is 31.6 Å². The highest BCUT2D eigenvalue weighted by molar-refractivity contribution is 5.89. The number of amides is 2. The third-order valence-corrected chi connectivity index (χ3v) is 5.07. The molecule has 1 aromatic heterocycles. The number of carbonyl (C=O) groups is 2. The van der Waals surface area contributed by atoms with E-state index in [4.69, 9.17) is 0 Å². The van der Waals surface area contributed by atoms with Crippen LogP contribution < -0.4 is 5.32 Å². The summed E-state index contributed by atoms with van der Waals surface area (Å²) in [5.74, 6) is 0.401. The van der Waals surface area contributed by atoms with Gasteiger partial charge in [-0.15, -0.1) is 10.2 Å². The predicted octanol–water partition coefficient (Wildman–Crippen LogP) is 1.38. The van der Waals surface area contributed by atoms with Crippen LogP contribution in [-0.2, 0) is 9.59 Å². The number of carbonyl (C=O) groups excluding carboxylic acids is 2. The lowest BCUT2D eigenvalue weighted by molar-refractivity contribution is -0.129. The lowest BCUT2D eigenvalue weighted by Crippen LogP contribution is -2.42. The normalized spacial score (nSPS) is 27.7. The number of nitrogens with zero attached hydrogens (tertiary/aromatic N) is 4. The van der Waals surface area contributed by atoms with E-state index in [0.29, 0.717) is 24.9 Å². The molecule has 7 nitrogen and oxygen atoms in total. The highest BCUT2D eigenvalue weighted by atomic mass is 16.2. The van der Waals surface area contributed by atoms with Gasteiger partial charge in [-0.1, -0.05) is 13.8 Å². The zero-order valence-electron chi connectivity index (χ0n) is 14.5. The minimum absolute atomic E-state index is 0.0438. The monoisotopic (exact) mass is 333 g/mol. The second kappa shape index (κ2) is 7.32. The molecule has 2 fully saturated rings. The summed E-state index contributed by atoms with van der Waals surface area (Å²) < 4.78 is 2.05. The average Bonchev–Trinajstić information content (AvgIpc) is 3.18. The highest BCUT2D eigenvalue weighted by Crippen LogP contribution is 2.28. The smallest absolute Gasteiger partial charge is 0.225 e. The van der Waals surface area contributed by atoms with E-state index in [1.54, 1.807) is 12.7 Å². The highest BCUT2D eigenvalue weighted by Gasteiger charge is 2.35. The lowest BCUT2D eigenvalue weighted by Gasteiger charge is -2.30. The number of hydrogen-bond acceptors (Lipinski definition) is 4. The summed E-state index contributed by atoms with van der Waals surface area (Å²) >= 11 is 0. The molecular formula is C17H27N5O2. The van der Waals surface area contributed by atoms with Gasteiger partial charge in [-0.3, -0.25) is 9.59 Å². The Kier molecular flexibility index (Phi) is 5.16. The molecule has 1 N–H and O–H groups in total. The SMILES string of the molecule is CC(C)CN1C[C@H](C(=O)NC2CCC(n3cnnc3)CC2)CC1=O. The Labute approximate surface area is 142 Å². The summed E-state index contributed by atoms with van der Waals surface area (Å²) in [7, 11) is 0. The van der Waals surface area contributed by atoms with E-state index in [-0.39, 0.29) is 23.8 Å². The van der Waals surface area contributed by atoms with Crippen LogP contribution in [0.3, 0.4) is 0 Å². The number of aromatic nitrogens is 3. The van der Waals surface area contributed by atoms with Crippen molar-refractivity contribution in [3.63, 3.8) is 0 Å². The van der Waals surface area contributed by atoms with Crippen molar-refractivity contribution in [1.82, 2.24) is 25.0 Å². The lowest BCUT2D eigenvalue weighted by atomic mass is 9.90. The Morgan fingerprint density at radius 3 is 2.54 bits per heavy atom. The molecule has 24 heavy (non-hydrogen) atoms. The summed E-state index contributed by atoms with van der Waals surface area (Å²) in [4.78, 5) is 26.3. The molecule has 2 aliphatic rings. The van der Waals surface area contributed by atoms with Gasteiger partial charge in [0.25, 0.3) is 0 Å². The first-order valence-corrected chi connectivity index (χ1v) is 8.95. The Morgan fingerprint density at radius 1 is 1.25 bits per heavy atom. The zero-order valence-corrected chi connectivity index (χ0v) is 14.5. The third-order valence-electron chi connectivity index (χ3n) is 5.07. The Hall–Kier alpha value is -1.92. The van der Waals surface area contributed by atoms with Crippen molar-refractivity contribution >= 4 is 11.8 Å². The van der Waals surface area contributed by atoms with Gasteiger partial charge in [0.1, 0.15) is 12.7 Å². The molecule has 2 heterocycles. The van der Waals surface area contributed by atoms with Crippen LogP contribution in [0.1, 0.15) is 52.0 Å². The van der Waals surface area contributed by atoms with Crippen LogP contribution in [-0.4, -0.2) is 50.6 Å². The van der Waals surface area contributed by atoms with Gasteiger partial charge in [-0.25, -0.2) is 0 Å². The average molecular weight is 333 g/mol. The fraction of sp³-hybridized carbons (Fsp3) is 0.765. The van der Waals surface area contributed by atoms with Gasteiger partial charge in [0, 0.05) is 31.6 Å². The molecular weight excluding hydrogens is 306 g/mol. The molecule has 0 spiro atoms. The second-order valence-electron chi connectivity index (χ2n) is 7.52. The Bertz CT molecular complexity index is 564. The summed E-state index contributed by atoms with van der Waals surface area (Å²) in [6.45, 7) is 5.50. The van der Waals surface area contributed by atoms with Crippen LogP contribution >= 0.6 is 0 Å². The van der Waals surface area contributed by atoms with Crippen LogP contribution in [0.2, 0.25) is 0 Å². The summed E-state index contributed by atoms with van der Waals surface area (Å²) in [5, 5.41) is 10.9. The van der Waals surface area contributed by atoms with Crippen molar-refractivity contribution in [2.75, 3.05) is 13.1 Å². The first-order chi connectivity index (χ1) is 11.5. The van der Waals surface area contributed by atoms with Crippen LogP contribution in [0.5, 0.6) is 0 Å². The molecule has 0 aromatic carbocycles. The van der Waals surface area contributed by atoms with Crippen LogP contribution in [0, 0.1) is 11.8 Å². The fourth-order valence-electron chi connectivity index (χ4n) is 3.80. The van der Waals surface area contributed by atoms with Crippen LogP contribution in [0.4, 0.5) is 0 Å². The molecule has 1 saturated carbocycles. The van der Waals surface area contributed by atoms with E-state index in [0.717, 1.165) is 32.2 Å². The van der Waals surface area contributed by atoms with Gasteiger partial charge in [0.2, 0.25) is 11.8 Å². The minimum Gasteiger partial charge on any atom is -0.353 e. The maximum Gasteiger partial charge on any atom is 0.225 e. The van der Waals surface area contributed by atoms with Crippen molar-refractivity contribution in [3.05, 3.63) is 12.7 Å². The Morgan fingerprint density at radius 2 is 1.92 bits per heavy atom. The quantitative estimate of drug-likeness (QED) is 0.883. The van der Waals surface area contributed by atoms with E-state index >= 15 is 0 Å². The van der Waals surface area contributed by atoms with Gasteiger partial charge < -0.3 is 14.8 Å². The molecule has 132 valence electrons. The fourth-order valence-corrected chi connectivity index (χ4v) is 3.80. The molecule has 1 atom stereocenters. The number of nitrogens with one attached hydrogen (secondary N) is 1. The molecule has 2 amide bonds. The summed E-state index contributed by atoms with van der Waals surface area (Å²) in [5.41, 5.74) is 0. The van der Waals surface area contributed by atoms with Gasteiger partial charge in [-0.2, -0.15) is 0 Å². The zero-order chi connectivity index (χ0) is 17.1. The van der Waals surface area contributed by atoms with Crippen LogP contribution in [0.15, 0.2) is 12.7 Å². The van der Waals surface area contributed by atoms with Gasteiger partial charge in [0.15, 0.2) is 0 Å². The maximum atomic E-state index is 12.5. The van der Waals surface area contributed by atoms with Crippen molar-refractivity contribution < 1.29 is 9.59 Å². The molecule has 1 aliphatic carbocycles. The van der Waals surface area contributed by atoms with Gasteiger partial charge >= 0.3 is 0 Å².